The molecule has 2 aromatic carbocycles. The van der Waals surface area contributed by atoms with E-state index in [9.17, 15) is 9.59 Å². The van der Waals surface area contributed by atoms with Gasteiger partial charge in [-0.15, -0.1) is 0 Å². The van der Waals surface area contributed by atoms with Crippen LogP contribution in [-0.4, -0.2) is 31.1 Å². The highest BCUT2D eigenvalue weighted by Crippen LogP contribution is 2.30. The lowest BCUT2D eigenvalue weighted by Gasteiger charge is -2.10. The van der Waals surface area contributed by atoms with Crippen LogP contribution < -0.4 is 10.1 Å². The number of carbonyl (C=O) groups is 2. The van der Waals surface area contributed by atoms with Gasteiger partial charge < -0.3 is 14.8 Å². The number of benzene rings is 2. The first kappa shape index (κ1) is 17.3. The molecule has 2 aromatic rings. The van der Waals surface area contributed by atoms with Gasteiger partial charge in [-0.05, 0) is 36.1 Å². The van der Waals surface area contributed by atoms with E-state index < -0.39 is 5.97 Å². The number of rotatable bonds is 7. The molecule has 130 valence electrons. The molecule has 0 saturated heterocycles. The van der Waals surface area contributed by atoms with Crippen molar-refractivity contribution in [2.45, 2.75) is 18.9 Å². The first-order chi connectivity index (χ1) is 12.1. The number of amides is 1. The van der Waals surface area contributed by atoms with Crippen LogP contribution in [-0.2, 0) is 14.3 Å². The lowest BCUT2D eigenvalue weighted by atomic mass is 10.1. The molecule has 0 unspecified atom stereocenters. The molecule has 0 bridgehead atoms. The van der Waals surface area contributed by atoms with Crippen molar-refractivity contribution in [1.82, 2.24) is 5.32 Å². The van der Waals surface area contributed by atoms with E-state index >= 15 is 0 Å². The summed E-state index contributed by atoms with van der Waals surface area (Å²) in [7, 11) is 0. The second-order valence-corrected chi connectivity index (χ2v) is 6.21. The number of halogens is 1. The van der Waals surface area contributed by atoms with Gasteiger partial charge in [0, 0.05) is 6.04 Å². The Kier molecular flexibility index (Phi) is 5.56. The molecule has 0 radical (unpaired) electrons. The summed E-state index contributed by atoms with van der Waals surface area (Å²) in [5.41, 5.74) is 1.99. The number of hydrogen-bond donors (Lipinski definition) is 1. The van der Waals surface area contributed by atoms with Crippen LogP contribution in [0.4, 0.5) is 0 Å². The third-order valence-corrected chi connectivity index (χ3v) is 3.99. The molecule has 0 aliphatic heterocycles. The minimum absolute atomic E-state index is 0.240. The van der Waals surface area contributed by atoms with Crippen molar-refractivity contribution in [2.24, 2.45) is 0 Å². The summed E-state index contributed by atoms with van der Waals surface area (Å²) >= 11 is 6.21. The monoisotopic (exact) mass is 359 g/mol. The van der Waals surface area contributed by atoms with Crippen molar-refractivity contribution in [3.63, 3.8) is 0 Å². The normalized spacial score (nSPS) is 13.2. The van der Waals surface area contributed by atoms with Gasteiger partial charge in [-0.25, -0.2) is 4.79 Å². The van der Waals surface area contributed by atoms with E-state index in [-0.39, 0.29) is 25.2 Å². The number of hydrogen-bond acceptors (Lipinski definition) is 4. The maximum absolute atomic E-state index is 11.7. The maximum atomic E-state index is 11.7. The summed E-state index contributed by atoms with van der Waals surface area (Å²) in [5.74, 6) is -0.518. The summed E-state index contributed by atoms with van der Waals surface area (Å²) in [6.45, 7) is -0.597. The molecule has 1 aliphatic carbocycles. The van der Waals surface area contributed by atoms with Gasteiger partial charge in [-0.1, -0.05) is 48.0 Å². The fourth-order valence-electron chi connectivity index (χ4n) is 2.25. The molecule has 0 aromatic heterocycles. The molecule has 25 heavy (non-hydrogen) atoms. The summed E-state index contributed by atoms with van der Waals surface area (Å²) in [5, 5.41) is 3.14. The van der Waals surface area contributed by atoms with Crippen LogP contribution in [0.3, 0.4) is 0 Å². The lowest BCUT2D eigenvalue weighted by Crippen LogP contribution is -2.31. The first-order valence-corrected chi connectivity index (χ1v) is 8.42. The molecular formula is C19H18ClNO4. The number of esters is 1. The second kappa shape index (κ2) is 8.03. The van der Waals surface area contributed by atoms with Crippen molar-refractivity contribution < 1.29 is 19.1 Å². The molecule has 0 heterocycles. The van der Waals surface area contributed by atoms with Crippen LogP contribution in [0.1, 0.15) is 12.8 Å². The average molecular weight is 360 g/mol. The molecule has 1 saturated carbocycles. The van der Waals surface area contributed by atoms with Gasteiger partial charge in [0.25, 0.3) is 5.91 Å². The molecule has 5 nitrogen and oxygen atoms in total. The summed E-state index contributed by atoms with van der Waals surface area (Å²) in [6.07, 6.45) is 1.97. The fourth-order valence-corrected chi connectivity index (χ4v) is 2.48. The molecule has 1 amide bonds. The van der Waals surface area contributed by atoms with E-state index in [4.69, 9.17) is 21.1 Å². The van der Waals surface area contributed by atoms with E-state index in [1.807, 2.05) is 36.4 Å². The highest BCUT2D eigenvalue weighted by Gasteiger charge is 2.23. The van der Waals surface area contributed by atoms with Crippen LogP contribution in [0.15, 0.2) is 48.5 Å². The van der Waals surface area contributed by atoms with Gasteiger partial charge in [-0.2, -0.15) is 0 Å². The largest absolute Gasteiger partial charge is 0.480 e. The third kappa shape index (κ3) is 5.22. The van der Waals surface area contributed by atoms with Crippen LogP contribution in [0.25, 0.3) is 11.1 Å². The molecule has 1 fully saturated rings. The lowest BCUT2D eigenvalue weighted by molar-refractivity contribution is -0.150. The van der Waals surface area contributed by atoms with E-state index in [2.05, 4.69) is 5.32 Å². The van der Waals surface area contributed by atoms with Crippen molar-refractivity contribution >= 4 is 23.5 Å². The molecule has 3 rings (SSSR count). The highest BCUT2D eigenvalue weighted by atomic mass is 35.5. The zero-order chi connectivity index (χ0) is 17.6. The Labute approximate surface area is 150 Å². The topological polar surface area (TPSA) is 64.6 Å². The van der Waals surface area contributed by atoms with Gasteiger partial charge in [0.1, 0.15) is 5.75 Å². The van der Waals surface area contributed by atoms with E-state index in [0.717, 1.165) is 24.0 Å². The van der Waals surface area contributed by atoms with Gasteiger partial charge in [-0.3, -0.25) is 4.79 Å². The molecule has 1 aliphatic rings. The van der Waals surface area contributed by atoms with E-state index in [0.29, 0.717) is 10.8 Å². The second-order valence-electron chi connectivity index (χ2n) is 5.80. The summed E-state index contributed by atoms with van der Waals surface area (Å²) in [4.78, 5) is 23.1. The SMILES string of the molecule is O=C(COC(=O)COc1ccc(-c2ccccc2)cc1Cl)NC1CC1. The number of nitrogens with one attached hydrogen (secondary N) is 1. The molecule has 1 N–H and O–H groups in total. The first-order valence-electron chi connectivity index (χ1n) is 8.04. The van der Waals surface area contributed by atoms with Gasteiger partial charge in [0.2, 0.25) is 0 Å². The smallest absolute Gasteiger partial charge is 0.344 e. The minimum atomic E-state index is -0.617. The van der Waals surface area contributed by atoms with Crippen LogP contribution in [0.5, 0.6) is 5.75 Å². The average Bonchev–Trinajstić information content (AvgIpc) is 3.43. The molecular weight excluding hydrogens is 342 g/mol. The Bertz CT molecular complexity index is 759. The van der Waals surface area contributed by atoms with Gasteiger partial charge in [0.15, 0.2) is 13.2 Å². The van der Waals surface area contributed by atoms with Crippen molar-refractivity contribution in [3.05, 3.63) is 53.6 Å². The Balaban J connectivity index is 1.49. The van der Waals surface area contributed by atoms with Crippen molar-refractivity contribution in [3.8, 4) is 16.9 Å². The summed E-state index contributed by atoms with van der Waals surface area (Å²) in [6, 6.07) is 15.4. The molecule has 6 heteroatoms. The molecule has 0 spiro atoms. The predicted molar refractivity (Wildman–Crippen MR) is 94.5 cm³/mol. The zero-order valence-electron chi connectivity index (χ0n) is 13.5. The van der Waals surface area contributed by atoms with Crippen LogP contribution in [0, 0.1) is 0 Å². The summed E-state index contributed by atoms with van der Waals surface area (Å²) < 4.78 is 10.2. The van der Waals surface area contributed by atoms with Gasteiger partial charge in [0.05, 0.1) is 5.02 Å². The van der Waals surface area contributed by atoms with Crippen LogP contribution >= 0.6 is 11.6 Å². The van der Waals surface area contributed by atoms with E-state index in [1.54, 1.807) is 12.1 Å². The standard InChI is InChI=1S/C19H18ClNO4/c20-16-10-14(13-4-2-1-3-5-13)6-9-17(16)24-12-19(23)25-11-18(22)21-15-7-8-15/h1-6,9-10,15H,7-8,11-12H2,(H,21,22). The number of carbonyl (C=O) groups excluding carboxylic acids is 2. The minimum Gasteiger partial charge on any atom is -0.480 e. The molecule has 0 atom stereocenters. The highest BCUT2D eigenvalue weighted by molar-refractivity contribution is 6.32. The Morgan fingerprint density at radius 3 is 2.48 bits per heavy atom. The zero-order valence-corrected chi connectivity index (χ0v) is 14.3. The van der Waals surface area contributed by atoms with Crippen molar-refractivity contribution in [2.75, 3.05) is 13.2 Å². The van der Waals surface area contributed by atoms with Gasteiger partial charge >= 0.3 is 5.97 Å². The Morgan fingerprint density at radius 2 is 1.80 bits per heavy atom. The quantitative estimate of drug-likeness (QED) is 0.771. The van der Waals surface area contributed by atoms with E-state index in [1.165, 1.54) is 0 Å². The van der Waals surface area contributed by atoms with Crippen LogP contribution in [0.2, 0.25) is 5.02 Å². The number of ether oxygens (including phenoxy) is 2. The predicted octanol–water partition coefficient (Wildman–Crippen LogP) is 3.21. The Hall–Kier alpha value is -2.53. The Morgan fingerprint density at radius 1 is 1.04 bits per heavy atom. The van der Waals surface area contributed by atoms with Crippen molar-refractivity contribution in [1.29, 1.82) is 0 Å². The fraction of sp³-hybridized carbons (Fsp3) is 0.263. The third-order valence-electron chi connectivity index (χ3n) is 3.69. The maximum Gasteiger partial charge on any atom is 0.344 e.